The molecule has 0 atom stereocenters. The molecular formula is C13H26N2O. The van der Waals surface area contributed by atoms with Gasteiger partial charge in [0.15, 0.2) is 0 Å². The third-order valence-electron chi connectivity index (χ3n) is 1.65. The Morgan fingerprint density at radius 3 is 2.25 bits per heavy atom. The van der Waals surface area contributed by atoms with Gasteiger partial charge in [0.2, 0.25) is 5.91 Å². The normalized spacial score (nSPS) is 8.44. The van der Waals surface area contributed by atoms with E-state index >= 15 is 0 Å². The maximum Gasteiger partial charge on any atom is 0.222 e. The molecule has 1 amide bonds. The van der Waals surface area contributed by atoms with Crippen molar-refractivity contribution in [3.63, 3.8) is 0 Å². The van der Waals surface area contributed by atoms with Crippen LogP contribution in [0.4, 0.5) is 0 Å². The van der Waals surface area contributed by atoms with E-state index in [0.29, 0.717) is 6.54 Å². The average molecular weight is 226 g/mol. The molecule has 0 aliphatic heterocycles. The largest absolute Gasteiger partial charge is 0.367 e. The molecule has 1 aromatic rings. The maximum atomic E-state index is 11.1. The third-order valence-corrected chi connectivity index (χ3v) is 1.65. The molecule has 0 saturated carbocycles. The van der Waals surface area contributed by atoms with Crippen LogP contribution in [0, 0.1) is 5.92 Å². The van der Waals surface area contributed by atoms with Crippen LogP contribution in [0.15, 0.2) is 18.5 Å². The second-order valence-corrected chi connectivity index (χ2v) is 3.09. The van der Waals surface area contributed by atoms with Crippen molar-refractivity contribution in [1.29, 1.82) is 0 Å². The highest BCUT2D eigenvalue weighted by Crippen LogP contribution is 1.97. The molecule has 0 aliphatic rings. The van der Waals surface area contributed by atoms with Crippen LogP contribution in [0.3, 0.4) is 0 Å². The third kappa shape index (κ3) is 8.09. The van der Waals surface area contributed by atoms with Crippen molar-refractivity contribution in [1.82, 2.24) is 10.3 Å². The van der Waals surface area contributed by atoms with Crippen molar-refractivity contribution in [3.05, 3.63) is 24.0 Å². The van der Waals surface area contributed by atoms with Gasteiger partial charge >= 0.3 is 0 Å². The monoisotopic (exact) mass is 226 g/mol. The van der Waals surface area contributed by atoms with Crippen LogP contribution in [0.2, 0.25) is 0 Å². The lowest BCUT2D eigenvalue weighted by molar-refractivity contribution is -0.124. The quantitative estimate of drug-likeness (QED) is 0.815. The first-order valence-corrected chi connectivity index (χ1v) is 6.09. The number of aromatic nitrogens is 1. The van der Waals surface area contributed by atoms with E-state index in [0.717, 1.165) is 5.56 Å². The number of hydrogen-bond acceptors (Lipinski definition) is 1. The first kappa shape index (κ1) is 17.2. The molecule has 0 unspecified atom stereocenters. The number of H-pyrrole nitrogens is 1. The molecule has 94 valence electrons. The molecule has 3 nitrogen and oxygen atoms in total. The second-order valence-electron chi connectivity index (χ2n) is 3.09. The zero-order valence-electron chi connectivity index (χ0n) is 11.4. The molecule has 1 aromatic heterocycles. The van der Waals surface area contributed by atoms with Crippen LogP contribution in [-0.4, -0.2) is 10.9 Å². The van der Waals surface area contributed by atoms with Crippen LogP contribution < -0.4 is 5.32 Å². The molecule has 0 aromatic carbocycles. The van der Waals surface area contributed by atoms with Crippen molar-refractivity contribution in [2.24, 2.45) is 5.92 Å². The number of carbonyl (C=O) groups excluding carboxylic acids is 1. The molecule has 3 heteroatoms. The highest BCUT2D eigenvalue weighted by molar-refractivity contribution is 5.77. The van der Waals surface area contributed by atoms with Crippen molar-refractivity contribution < 1.29 is 4.79 Å². The van der Waals surface area contributed by atoms with E-state index in [-0.39, 0.29) is 11.8 Å². The highest BCUT2D eigenvalue weighted by Gasteiger charge is 2.05. The molecule has 0 radical (unpaired) electrons. The van der Waals surface area contributed by atoms with E-state index in [1.165, 1.54) is 0 Å². The van der Waals surface area contributed by atoms with Crippen molar-refractivity contribution in [2.45, 2.75) is 48.1 Å². The summed E-state index contributed by atoms with van der Waals surface area (Å²) >= 11 is 0. The van der Waals surface area contributed by atoms with Gasteiger partial charge in [-0.2, -0.15) is 0 Å². The Bertz CT molecular complexity index is 240. The molecule has 0 spiro atoms. The van der Waals surface area contributed by atoms with Crippen LogP contribution in [0.1, 0.15) is 47.1 Å². The van der Waals surface area contributed by atoms with Crippen LogP contribution >= 0.6 is 0 Å². The fraction of sp³-hybridized carbons (Fsp3) is 0.615. The lowest BCUT2D eigenvalue weighted by Gasteiger charge is -2.05. The Labute approximate surface area is 99.6 Å². The number of aromatic amines is 1. The van der Waals surface area contributed by atoms with Gasteiger partial charge in [-0.15, -0.1) is 0 Å². The molecule has 1 rings (SSSR count). The molecule has 0 bridgehead atoms. The van der Waals surface area contributed by atoms with Gasteiger partial charge in [-0.3, -0.25) is 4.79 Å². The first-order valence-electron chi connectivity index (χ1n) is 6.09. The van der Waals surface area contributed by atoms with E-state index in [1.807, 2.05) is 60.0 Å². The van der Waals surface area contributed by atoms with Crippen LogP contribution in [0.25, 0.3) is 0 Å². The number of amides is 1. The van der Waals surface area contributed by atoms with Gasteiger partial charge in [0.25, 0.3) is 0 Å². The van der Waals surface area contributed by atoms with Crippen molar-refractivity contribution >= 4 is 5.91 Å². The van der Waals surface area contributed by atoms with E-state index < -0.39 is 0 Å². The molecule has 2 N–H and O–H groups in total. The van der Waals surface area contributed by atoms with E-state index in [2.05, 4.69) is 10.3 Å². The van der Waals surface area contributed by atoms with Gasteiger partial charge in [-0.25, -0.2) is 0 Å². The summed E-state index contributed by atoms with van der Waals surface area (Å²) in [5.74, 6) is 0.153. The zero-order valence-corrected chi connectivity index (χ0v) is 11.4. The Hall–Kier alpha value is -1.25. The average Bonchev–Trinajstić information content (AvgIpc) is 2.84. The summed E-state index contributed by atoms with van der Waals surface area (Å²) in [6.45, 7) is 12.4. The van der Waals surface area contributed by atoms with Gasteiger partial charge in [0.05, 0.1) is 0 Å². The SMILES string of the molecule is CC.CC.CC(C)C(=O)NCc1cc[nH]c1. The van der Waals surface area contributed by atoms with Crippen LogP contribution in [0.5, 0.6) is 0 Å². The van der Waals surface area contributed by atoms with E-state index in [9.17, 15) is 4.79 Å². The molecule has 0 saturated heterocycles. The van der Waals surface area contributed by atoms with Crippen molar-refractivity contribution in [2.75, 3.05) is 0 Å². The second kappa shape index (κ2) is 11.8. The van der Waals surface area contributed by atoms with Gasteiger partial charge in [0.1, 0.15) is 0 Å². The number of carbonyl (C=O) groups is 1. The van der Waals surface area contributed by atoms with Crippen molar-refractivity contribution in [3.8, 4) is 0 Å². The summed E-state index contributed by atoms with van der Waals surface area (Å²) in [4.78, 5) is 14.0. The van der Waals surface area contributed by atoms with Gasteiger partial charge in [-0.05, 0) is 11.6 Å². The molecule has 0 aliphatic carbocycles. The summed E-state index contributed by atoms with van der Waals surface area (Å²) < 4.78 is 0. The Balaban J connectivity index is 0. The maximum absolute atomic E-state index is 11.1. The van der Waals surface area contributed by atoms with Gasteiger partial charge < -0.3 is 10.3 Å². The Kier molecular flexibility index (Phi) is 12.7. The number of hydrogen-bond donors (Lipinski definition) is 2. The minimum absolute atomic E-state index is 0.0592. The first-order chi connectivity index (χ1) is 7.70. The zero-order chi connectivity index (χ0) is 13.0. The standard InChI is InChI=1S/C9H14N2O.2C2H6/c1-7(2)9(12)11-6-8-3-4-10-5-8;2*1-2/h3-5,7,10H,6H2,1-2H3,(H,11,12);2*1-2H3. The summed E-state index contributed by atoms with van der Waals surface area (Å²) in [5.41, 5.74) is 1.10. The van der Waals surface area contributed by atoms with Gasteiger partial charge in [-0.1, -0.05) is 41.5 Å². The highest BCUT2D eigenvalue weighted by atomic mass is 16.1. The van der Waals surface area contributed by atoms with E-state index in [1.54, 1.807) is 0 Å². The van der Waals surface area contributed by atoms with Gasteiger partial charge in [0, 0.05) is 24.9 Å². The fourth-order valence-electron chi connectivity index (χ4n) is 0.862. The smallest absolute Gasteiger partial charge is 0.222 e. The lowest BCUT2D eigenvalue weighted by Crippen LogP contribution is -2.26. The predicted molar refractivity (Wildman–Crippen MR) is 70.2 cm³/mol. The summed E-state index contributed by atoms with van der Waals surface area (Å²) in [7, 11) is 0. The number of nitrogens with one attached hydrogen (secondary N) is 2. The molecule has 16 heavy (non-hydrogen) atoms. The van der Waals surface area contributed by atoms with Crippen LogP contribution in [-0.2, 0) is 11.3 Å². The predicted octanol–water partition coefficient (Wildman–Crippen LogP) is 3.34. The number of rotatable bonds is 3. The molecular weight excluding hydrogens is 200 g/mol. The topological polar surface area (TPSA) is 44.9 Å². The molecule has 0 fully saturated rings. The minimum Gasteiger partial charge on any atom is -0.367 e. The summed E-state index contributed by atoms with van der Waals surface area (Å²) in [5, 5.41) is 2.83. The minimum atomic E-state index is 0.0592. The molecule has 1 heterocycles. The van der Waals surface area contributed by atoms with E-state index in [4.69, 9.17) is 0 Å². The summed E-state index contributed by atoms with van der Waals surface area (Å²) in [6.07, 6.45) is 3.72. The fourth-order valence-corrected chi connectivity index (χ4v) is 0.862. The lowest BCUT2D eigenvalue weighted by atomic mass is 10.2. The Morgan fingerprint density at radius 1 is 1.31 bits per heavy atom. The summed E-state index contributed by atoms with van der Waals surface area (Å²) in [6, 6.07) is 1.95. The Morgan fingerprint density at radius 2 is 1.88 bits per heavy atom.